The molecule has 0 spiro atoms. The summed E-state index contributed by atoms with van der Waals surface area (Å²) in [5.41, 5.74) is 3.04. The smallest absolute Gasteiger partial charge is 0.407 e. The highest BCUT2D eigenvalue weighted by Gasteiger charge is 2.37. The molecule has 7 heteroatoms. The minimum atomic E-state index is -0.362. The average molecular weight is 373 g/mol. The third kappa shape index (κ3) is 5.74. The fourth-order valence-corrected chi connectivity index (χ4v) is 3.22. The molecule has 0 aliphatic carbocycles. The molecule has 0 aromatic heterocycles. The molecule has 0 saturated carbocycles. The van der Waals surface area contributed by atoms with E-state index in [0.29, 0.717) is 26.4 Å². The summed E-state index contributed by atoms with van der Waals surface area (Å²) in [7, 11) is -0.725. The van der Waals surface area contributed by atoms with Crippen molar-refractivity contribution in [2.24, 2.45) is 10.8 Å². The third-order valence-electron chi connectivity index (χ3n) is 4.54. The Morgan fingerprint density at radius 3 is 1.44 bits per heavy atom. The second-order valence-electron chi connectivity index (χ2n) is 10.5. The molecule has 0 bridgehead atoms. The van der Waals surface area contributed by atoms with E-state index in [0.717, 1.165) is 16.6 Å². The molecule has 0 amide bonds. The first-order valence-electron chi connectivity index (χ1n) is 9.82. The van der Waals surface area contributed by atoms with Gasteiger partial charge in [0.2, 0.25) is 0 Å². The zero-order chi connectivity index (χ0) is 19.9. The number of hydrogen-bond acceptors (Lipinski definition) is 5. The van der Waals surface area contributed by atoms with Gasteiger partial charge in [0, 0.05) is 48.5 Å². The van der Waals surface area contributed by atoms with Crippen LogP contribution in [0.1, 0.15) is 48.5 Å². The first kappa shape index (κ1) is 20.7. The van der Waals surface area contributed by atoms with Crippen LogP contribution >= 0.6 is 0 Å². The lowest BCUT2D eigenvalue weighted by Gasteiger charge is -2.35. The second kappa shape index (κ2) is 7.43. The van der Waals surface area contributed by atoms with Crippen LogP contribution in [0.25, 0.3) is 0 Å². The molecule has 2 aliphatic heterocycles. The molecule has 2 heterocycles. The minimum Gasteiger partial charge on any atom is -0.407 e. The van der Waals surface area contributed by atoms with Crippen molar-refractivity contribution >= 4 is 30.8 Å². The van der Waals surface area contributed by atoms with Crippen LogP contribution in [-0.2, 0) is 18.6 Å². The Labute approximate surface area is 164 Å². The predicted octanol–water partition coefficient (Wildman–Crippen LogP) is 2.43. The first-order valence-corrected chi connectivity index (χ1v) is 9.82. The average Bonchev–Trinajstić information content (AvgIpc) is 2.52. The molecule has 0 radical (unpaired) electrons. The van der Waals surface area contributed by atoms with Crippen LogP contribution in [0, 0.1) is 10.8 Å². The second-order valence-corrected chi connectivity index (χ2v) is 10.5. The highest BCUT2D eigenvalue weighted by atomic mass is 16.6. The SMILES string of the molecule is CC1(C)COB(c2cc(NC(C)(C)C)cc(B3OCC(C)(C)CO3)c2)OC1. The van der Waals surface area contributed by atoms with Crippen molar-refractivity contribution in [3.05, 3.63) is 18.2 Å². The van der Waals surface area contributed by atoms with Crippen LogP contribution in [0.5, 0.6) is 0 Å². The predicted molar refractivity (Wildman–Crippen MR) is 112 cm³/mol. The molecule has 5 nitrogen and oxygen atoms in total. The number of rotatable bonds is 3. The molecule has 1 aromatic rings. The Balaban J connectivity index is 1.85. The van der Waals surface area contributed by atoms with E-state index in [1.54, 1.807) is 0 Å². The Bertz CT molecular complexity index is 606. The molecule has 27 heavy (non-hydrogen) atoms. The topological polar surface area (TPSA) is 49.0 Å². The van der Waals surface area contributed by atoms with Gasteiger partial charge in [0.1, 0.15) is 0 Å². The van der Waals surface area contributed by atoms with Gasteiger partial charge in [-0.1, -0.05) is 33.8 Å². The van der Waals surface area contributed by atoms with Crippen LogP contribution in [-0.4, -0.2) is 46.2 Å². The zero-order valence-corrected chi connectivity index (χ0v) is 17.8. The molecular formula is C20H33B2NO4. The van der Waals surface area contributed by atoms with E-state index in [1.807, 2.05) is 0 Å². The molecule has 2 saturated heterocycles. The first-order chi connectivity index (χ1) is 12.4. The van der Waals surface area contributed by atoms with Crippen LogP contribution < -0.4 is 16.2 Å². The number of anilines is 1. The van der Waals surface area contributed by atoms with Crippen molar-refractivity contribution in [3.63, 3.8) is 0 Å². The van der Waals surface area contributed by atoms with Gasteiger partial charge in [0.05, 0.1) is 0 Å². The fraction of sp³-hybridized carbons (Fsp3) is 0.700. The number of hydrogen-bond donors (Lipinski definition) is 1. The van der Waals surface area contributed by atoms with Crippen molar-refractivity contribution < 1.29 is 18.6 Å². The van der Waals surface area contributed by atoms with Crippen molar-refractivity contribution in [2.75, 3.05) is 31.7 Å². The lowest BCUT2D eigenvalue weighted by molar-refractivity contribution is 0.0338. The normalized spacial score (nSPS) is 22.6. The van der Waals surface area contributed by atoms with Gasteiger partial charge < -0.3 is 23.9 Å². The van der Waals surface area contributed by atoms with E-state index >= 15 is 0 Å². The quantitative estimate of drug-likeness (QED) is 0.825. The summed E-state index contributed by atoms with van der Waals surface area (Å²) in [5, 5.41) is 3.55. The van der Waals surface area contributed by atoms with Crippen LogP contribution in [0.3, 0.4) is 0 Å². The van der Waals surface area contributed by atoms with E-state index in [4.69, 9.17) is 18.6 Å². The van der Waals surface area contributed by atoms with Crippen molar-refractivity contribution in [3.8, 4) is 0 Å². The summed E-state index contributed by atoms with van der Waals surface area (Å²) in [6.45, 7) is 17.7. The summed E-state index contributed by atoms with van der Waals surface area (Å²) in [6, 6.07) is 6.29. The molecule has 3 rings (SSSR count). The van der Waals surface area contributed by atoms with Crippen LogP contribution in [0.15, 0.2) is 18.2 Å². The maximum atomic E-state index is 6.01. The number of nitrogens with one attached hydrogen (secondary N) is 1. The monoisotopic (exact) mass is 373 g/mol. The van der Waals surface area contributed by atoms with Gasteiger partial charge in [0.25, 0.3) is 0 Å². The molecular weight excluding hydrogens is 340 g/mol. The molecule has 1 aromatic carbocycles. The summed E-state index contributed by atoms with van der Waals surface area (Å²) >= 11 is 0. The molecule has 148 valence electrons. The van der Waals surface area contributed by atoms with Crippen molar-refractivity contribution in [1.82, 2.24) is 0 Å². The number of benzene rings is 1. The summed E-state index contributed by atoms with van der Waals surface area (Å²) in [4.78, 5) is 0. The van der Waals surface area contributed by atoms with Gasteiger partial charge in [-0.3, -0.25) is 0 Å². The van der Waals surface area contributed by atoms with Crippen LogP contribution in [0.4, 0.5) is 5.69 Å². The van der Waals surface area contributed by atoms with E-state index in [-0.39, 0.29) is 30.6 Å². The Morgan fingerprint density at radius 1 is 0.741 bits per heavy atom. The summed E-state index contributed by atoms with van der Waals surface area (Å²) in [6.07, 6.45) is 0. The third-order valence-corrected chi connectivity index (χ3v) is 4.54. The van der Waals surface area contributed by atoms with Gasteiger partial charge in [-0.2, -0.15) is 0 Å². The lowest BCUT2D eigenvalue weighted by Crippen LogP contribution is -2.51. The lowest BCUT2D eigenvalue weighted by atomic mass is 9.69. The van der Waals surface area contributed by atoms with E-state index in [2.05, 4.69) is 72.0 Å². The van der Waals surface area contributed by atoms with Gasteiger partial charge in [-0.05, 0) is 43.8 Å². The van der Waals surface area contributed by atoms with E-state index < -0.39 is 0 Å². The highest BCUT2D eigenvalue weighted by Crippen LogP contribution is 2.24. The molecule has 1 N–H and O–H groups in total. The zero-order valence-electron chi connectivity index (χ0n) is 17.8. The van der Waals surface area contributed by atoms with Crippen LogP contribution in [0.2, 0.25) is 0 Å². The van der Waals surface area contributed by atoms with E-state index in [1.165, 1.54) is 0 Å². The molecule has 0 atom stereocenters. The maximum absolute atomic E-state index is 6.01. The van der Waals surface area contributed by atoms with Crippen molar-refractivity contribution in [1.29, 1.82) is 0 Å². The largest absolute Gasteiger partial charge is 0.493 e. The molecule has 2 aliphatic rings. The molecule has 0 unspecified atom stereocenters. The Hall–Kier alpha value is -1.01. The van der Waals surface area contributed by atoms with Gasteiger partial charge in [-0.25, -0.2) is 0 Å². The van der Waals surface area contributed by atoms with Crippen molar-refractivity contribution in [2.45, 2.75) is 54.0 Å². The summed E-state index contributed by atoms with van der Waals surface area (Å²) in [5.74, 6) is 0. The Morgan fingerprint density at radius 2 is 1.11 bits per heavy atom. The summed E-state index contributed by atoms with van der Waals surface area (Å²) < 4.78 is 24.0. The van der Waals surface area contributed by atoms with Gasteiger partial charge in [0.15, 0.2) is 0 Å². The van der Waals surface area contributed by atoms with E-state index in [9.17, 15) is 0 Å². The minimum absolute atomic E-state index is 0.0434. The fourth-order valence-electron chi connectivity index (χ4n) is 3.22. The van der Waals surface area contributed by atoms with Gasteiger partial charge in [-0.15, -0.1) is 0 Å². The van der Waals surface area contributed by atoms with Gasteiger partial charge >= 0.3 is 14.2 Å². The maximum Gasteiger partial charge on any atom is 0.493 e. The standard InChI is InChI=1S/C20H33B2NO4/c1-18(2,3)23-17-9-15(21-24-11-19(4,5)12-25-21)8-16(10-17)22-26-13-20(6,7)14-27-22/h8-10,23H,11-14H2,1-7H3. The highest BCUT2D eigenvalue weighted by molar-refractivity contribution is 6.65. The molecule has 2 fully saturated rings. The Kier molecular flexibility index (Phi) is 5.70.